The Bertz CT molecular complexity index is 190. The fraction of sp³-hybridized carbons (Fsp3) is 1.00. The summed E-state index contributed by atoms with van der Waals surface area (Å²) < 4.78 is 0. The second-order valence-electron chi connectivity index (χ2n) is 7.77. The summed E-state index contributed by atoms with van der Waals surface area (Å²) in [6.07, 6.45) is 3.94. The van der Waals surface area contributed by atoms with Crippen LogP contribution in [-0.4, -0.2) is 12.1 Å². The van der Waals surface area contributed by atoms with Crippen molar-refractivity contribution in [3.8, 4) is 0 Å². The van der Waals surface area contributed by atoms with Crippen LogP contribution in [0.25, 0.3) is 0 Å². The standard InChI is InChI=1S/C15H33N/c1-13(2,3)15(7,8)11-9-10-12-16-14(4,5)6/h16H,9-12H2,1-8H3. The Balaban J connectivity index is 3.75. The number of nitrogens with one attached hydrogen (secondary N) is 1. The van der Waals surface area contributed by atoms with Gasteiger partial charge in [-0.1, -0.05) is 41.0 Å². The summed E-state index contributed by atoms with van der Waals surface area (Å²) in [6.45, 7) is 19.7. The lowest BCUT2D eigenvalue weighted by Crippen LogP contribution is -2.36. The highest BCUT2D eigenvalue weighted by Gasteiger charge is 2.31. The Labute approximate surface area is 103 Å². The molecule has 0 saturated carbocycles. The molecule has 0 radical (unpaired) electrons. The van der Waals surface area contributed by atoms with Crippen LogP contribution in [0, 0.1) is 10.8 Å². The molecule has 0 aliphatic heterocycles. The third-order valence-electron chi connectivity index (χ3n) is 3.91. The van der Waals surface area contributed by atoms with Crippen molar-refractivity contribution in [2.45, 2.75) is 80.2 Å². The molecule has 0 atom stereocenters. The first kappa shape index (κ1) is 16.0. The molecule has 0 aliphatic rings. The highest BCUT2D eigenvalue weighted by atomic mass is 14.9. The zero-order valence-corrected chi connectivity index (χ0v) is 12.8. The van der Waals surface area contributed by atoms with E-state index in [1.54, 1.807) is 0 Å². The third kappa shape index (κ3) is 6.52. The van der Waals surface area contributed by atoms with Crippen molar-refractivity contribution >= 4 is 0 Å². The zero-order valence-electron chi connectivity index (χ0n) is 12.8. The summed E-state index contributed by atoms with van der Waals surface area (Å²) in [5.74, 6) is 0. The van der Waals surface area contributed by atoms with E-state index >= 15 is 0 Å². The average Bonchev–Trinajstić information content (AvgIpc) is 1.98. The van der Waals surface area contributed by atoms with E-state index in [0.717, 1.165) is 6.54 Å². The van der Waals surface area contributed by atoms with Gasteiger partial charge in [-0.2, -0.15) is 0 Å². The maximum atomic E-state index is 3.55. The molecule has 1 heteroatoms. The molecular formula is C15H33N. The van der Waals surface area contributed by atoms with Crippen LogP contribution >= 0.6 is 0 Å². The van der Waals surface area contributed by atoms with Crippen LogP contribution in [-0.2, 0) is 0 Å². The lowest BCUT2D eigenvalue weighted by molar-refractivity contribution is 0.115. The smallest absolute Gasteiger partial charge is 0.00965 e. The molecule has 0 aromatic heterocycles. The lowest BCUT2D eigenvalue weighted by atomic mass is 9.67. The maximum absolute atomic E-state index is 3.55. The SMILES string of the molecule is CC(C)(C)NCCCCC(C)(C)C(C)(C)C. The Morgan fingerprint density at radius 2 is 1.25 bits per heavy atom. The maximum Gasteiger partial charge on any atom is 0.00965 e. The van der Waals surface area contributed by atoms with E-state index in [0.29, 0.717) is 10.8 Å². The minimum atomic E-state index is 0.263. The quantitative estimate of drug-likeness (QED) is 0.676. The summed E-state index contributed by atoms with van der Waals surface area (Å²) in [6, 6.07) is 0. The summed E-state index contributed by atoms with van der Waals surface area (Å²) in [5, 5.41) is 3.55. The van der Waals surface area contributed by atoms with Crippen LogP contribution in [0.3, 0.4) is 0 Å². The van der Waals surface area contributed by atoms with E-state index in [4.69, 9.17) is 0 Å². The molecule has 0 unspecified atom stereocenters. The molecule has 0 aromatic carbocycles. The van der Waals surface area contributed by atoms with Gasteiger partial charge in [0.2, 0.25) is 0 Å². The topological polar surface area (TPSA) is 12.0 Å². The van der Waals surface area contributed by atoms with Crippen LogP contribution in [0.5, 0.6) is 0 Å². The van der Waals surface area contributed by atoms with Crippen molar-refractivity contribution in [2.75, 3.05) is 6.54 Å². The predicted molar refractivity (Wildman–Crippen MR) is 74.8 cm³/mol. The Morgan fingerprint density at radius 1 is 0.750 bits per heavy atom. The largest absolute Gasteiger partial charge is 0.312 e. The average molecular weight is 227 g/mol. The van der Waals surface area contributed by atoms with Crippen LogP contribution in [0.4, 0.5) is 0 Å². The normalized spacial score (nSPS) is 14.2. The van der Waals surface area contributed by atoms with Crippen LogP contribution in [0.15, 0.2) is 0 Å². The van der Waals surface area contributed by atoms with Gasteiger partial charge < -0.3 is 5.32 Å². The molecule has 0 fully saturated rings. The Morgan fingerprint density at radius 3 is 1.62 bits per heavy atom. The van der Waals surface area contributed by atoms with E-state index in [1.807, 2.05) is 0 Å². The van der Waals surface area contributed by atoms with Crippen molar-refractivity contribution in [3.63, 3.8) is 0 Å². The Kier molecular flexibility index (Phi) is 5.52. The number of hydrogen-bond donors (Lipinski definition) is 1. The zero-order chi connectivity index (χ0) is 13.0. The second-order valence-corrected chi connectivity index (χ2v) is 7.77. The summed E-state index contributed by atoms with van der Waals surface area (Å²) in [7, 11) is 0. The number of unbranched alkanes of at least 4 members (excludes halogenated alkanes) is 1. The molecule has 16 heavy (non-hydrogen) atoms. The molecule has 0 bridgehead atoms. The van der Waals surface area contributed by atoms with Gasteiger partial charge >= 0.3 is 0 Å². The van der Waals surface area contributed by atoms with Crippen molar-refractivity contribution < 1.29 is 0 Å². The lowest BCUT2D eigenvalue weighted by Gasteiger charge is -2.39. The molecule has 0 spiro atoms. The van der Waals surface area contributed by atoms with Crippen LogP contribution < -0.4 is 5.32 Å². The number of rotatable bonds is 5. The molecule has 0 aliphatic carbocycles. The molecular weight excluding hydrogens is 194 g/mol. The predicted octanol–water partition coefficient (Wildman–Crippen LogP) is 4.62. The van der Waals surface area contributed by atoms with Crippen molar-refractivity contribution in [1.29, 1.82) is 0 Å². The molecule has 0 saturated heterocycles. The molecule has 0 heterocycles. The molecule has 1 N–H and O–H groups in total. The van der Waals surface area contributed by atoms with E-state index in [2.05, 4.69) is 60.7 Å². The fourth-order valence-corrected chi connectivity index (χ4v) is 1.53. The van der Waals surface area contributed by atoms with E-state index < -0.39 is 0 Å². The third-order valence-corrected chi connectivity index (χ3v) is 3.91. The van der Waals surface area contributed by atoms with Gasteiger partial charge in [0.25, 0.3) is 0 Å². The first-order valence-corrected chi connectivity index (χ1v) is 6.71. The highest BCUT2D eigenvalue weighted by molar-refractivity contribution is 4.82. The van der Waals surface area contributed by atoms with Gasteiger partial charge in [0.15, 0.2) is 0 Å². The number of hydrogen-bond acceptors (Lipinski definition) is 1. The van der Waals surface area contributed by atoms with Gasteiger partial charge in [-0.05, 0) is 51.0 Å². The van der Waals surface area contributed by atoms with Crippen LogP contribution in [0.1, 0.15) is 74.7 Å². The van der Waals surface area contributed by atoms with Crippen LogP contribution in [0.2, 0.25) is 0 Å². The fourth-order valence-electron chi connectivity index (χ4n) is 1.53. The summed E-state index contributed by atoms with van der Waals surface area (Å²) in [5.41, 5.74) is 1.11. The minimum Gasteiger partial charge on any atom is -0.312 e. The molecule has 0 rings (SSSR count). The summed E-state index contributed by atoms with van der Waals surface area (Å²) in [4.78, 5) is 0. The molecule has 0 amide bonds. The first-order valence-electron chi connectivity index (χ1n) is 6.71. The second kappa shape index (κ2) is 5.53. The Hall–Kier alpha value is -0.0400. The van der Waals surface area contributed by atoms with Gasteiger partial charge in [0.1, 0.15) is 0 Å². The van der Waals surface area contributed by atoms with Gasteiger partial charge in [0.05, 0.1) is 0 Å². The monoisotopic (exact) mass is 227 g/mol. The molecule has 1 nitrogen and oxygen atoms in total. The van der Waals surface area contributed by atoms with Crippen molar-refractivity contribution in [1.82, 2.24) is 5.32 Å². The van der Waals surface area contributed by atoms with Gasteiger partial charge in [-0.15, -0.1) is 0 Å². The summed E-state index contributed by atoms with van der Waals surface area (Å²) >= 11 is 0. The van der Waals surface area contributed by atoms with Gasteiger partial charge in [-0.3, -0.25) is 0 Å². The minimum absolute atomic E-state index is 0.263. The van der Waals surface area contributed by atoms with Crippen molar-refractivity contribution in [2.24, 2.45) is 10.8 Å². The van der Waals surface area contributed by atoms with E-state index in [1.165, 1.54) is 19.3 Å². The molecule has 98 valence electrons. The van der Waals surface area contributed by atoms with Gasteiger partial charge in [-0.25, -0.2) is 0 Å². The first-order chi connectivity index (χ1) is 6.96. The van der Waals surface area contributed by atoms with E-state index in [-0.39, 0.29) is 5.54 Å². The van der Waals surface area contributed by atoms with E-state index in [9.17, 15) is 0 Å². The van der Waals surface area contributed by atoms with Crippen molar-refractivity contribution in [3.05, 3.63) is 0 Å². The highest BCUT2D eigenvalue weighted by Crippen LogP contribution is 2.41. The van der Waals surface area contributed by atoms with Gasteiger partial charge in [0, 0.05) is 5.54 Å². The molecule has 0 aromatic rings.